The van der Waals surface area contributed by atoms with Crippen molar-refractivity contribution in [1.29, 1.82) is 0 Å². The van der Waals surface area contributed by atoms with Crippen molar-refractivity contribution < 1.29 is 0 Å². The Kier molecular flexibility index (Phi) is 4.06. The standard InChI is InChI=1S/C17H22N2S/c1-2-6-15-16(20-17(18)19-15)11-13-9-5-8-12-7-3-4-10-14(12)13/h5,8-9H,2-4,6-7,10-11H2,1H3,(H2,18,19). The van der Waals surface area contributed by atoms with E-state index < -0.39 is 0 Å². The lowest BCUT2D eigenvalue weighted by molar-refractivity contribution is 0.680. The van der Waals surface area contributed by atoms with Crippen LogP contribution in [0.1, 0.15) is 53.4 Å². The zero-order valence-corrected chi connectivity index (χ0v) is 12.9. The fourth-order valence-electron chi connectivity index (χ4n) is 3.17. The van der Waals surface area contributed by atoms with E-state index in [9.17, 15) is 0 Å². The van der Waals surface area contributed by atoms with Crippen LogP contribution in [0.25, 0.3) is 0 Å². The third kappa shape index (κ3) is 2.73. The van der Waals surface area contributed by atoms with Crippen molar-refractivity contribution in [3.63, 3.8) is 0 Å². The molecule has 0 spiro atoms. The molecule has 1 heterocycles. The summed E-state index contributed by atoms with van der Waals surface area (Å²) in [6, 6.07) is 6.80. The van der Waals surface area contributed by atoms with Gasteiger partial charge in [-0.3, -0.25) is 0 Å². The molecule has 20 heavy (non-hydrogen) atoms. The van der Waals surface area contributed by atoms with Crippen molar-refractivity contribution in [3.05, 3.63) is 45.5 Å². The topological polar surface area (TPSA) is 38.9 Å². The lowest BCUT2D eigenvalue weighted by Crippen LogP contribution is -2.06. The first-order valence-corrected chi connectivity index (χ1v) is 8.43. The number of aromatic nitrogens is 1. The molecule has 1 aliphatic carbocycles. The second kappa shape index (κ2) is 5.96. The van der Waals surface area contributed by atoms with Gasteiger partial charge in [-0.15, -0.1) is 11.3 Å². The Morgan fingerprint density at radius 3 is 2.95 bits per heavy atom. The van der Waals surface area contributed by atoms with Crippen molar-refractivity contribution in [2.45, 2.75) is 51.9 Å². The maximum Gasteiger partial charge on any atom is 0.180 e. The number of hydrogen-bond acceptors (Lipinski definition) is 3. The summed E-state index contributed by atoms with van der Waals surface area (Å²) in [5.41, 5.74) is 11.8. The largest absolute Gasteiger partial charge is 0.375 e. The molecule has 1 aromatic heterocycles. The molecule has 1 aliphatic rings. The Morgan fingerprint density at radius 1 is 1.25 bits per heavy atom. The Bertz CT molecular complexity index is 601. The number of fused-ring (bicyclic) bond motifs is 1. The molecule has 2 nitrogen and oxygen atoms in total. The lowest BCUT2D eigenvalue weighted by Gasteiger charge is -2.19. The summed E-state index contributed by atoms with van der Waals surface area (Å²) in [6.45, 7) is 2.20. The molecule has 2 aromatic rings. The van der Waals surface area contributed by atoms with E-state index in [2.05, 4.69) is 30.1 Å². The van der Waals surface area contributed by atoms with Gasteiger partial charge in [-0.1, -0.05) is 31.5 Å². The van der Waals surface area contributed by atoms with E-state index in [1.807, 2.05) is 0 Å². The maximum absolute atomic E-state index is 5.91. The summed E-state index contributed by atoms with van der Waals surface area (Å²) < 4.78 is 0. The number of nitrogen functional groups attached to an aromatic ring is 1. The Labute approximate surface area is 125 Å². The number of benzene rings is 1. The maximum atomic E-state index is 5.91. The Morgan fingerprint density at radius 2 is 2.10 bits per heavy atom. The quantitative estimate of drug-likeness (QED) is 0.917. The predicted molar refractivity (Wildman–Crippen MR) is 86.4 cm³/mol. The van der Waals surface area contributed by atoms with Gasteiger partial charge in [0, 0.05) is 11.3 Å². The lowest BCUT2D eigenvalue weighted by atomic mass is 9.87. The molecule has 0 unspecified atom stereocenters. The van der Waals surface area contributed by atoms with E-state index in [-0.39, 0.29) is 0 Å². The van der Waals surface area contributed by atoms with Gasteiger partial charge in [0.2, 0.25) is 0 Å². The smallest absolute Gasteiger partial charge is 0.180 e. The minimum atomic E-state index is 0.716. The number of aryl methyl sites for hydroxylation is 2. The normalized spacial score (nSPS) is 14.2. The molecule has 0 atom stereocenters. The number of rotatable bonds is 4. The average Bonchev–Trinajstić information content (AvgIpc) is 2.80. The second-order valence-corrected chi connectivity index (χ2v) is 6.73. The summed E-state index contributed by atoms with van der Waals surface area (Å²) in [6.07, 6.45) is 8.33. The van der Waals surface area contributed by atoms with Crippen LogP contribution >= 0.6 is 11.3 Å². The Balaban J connectivity index is 1.91. The van der Waals surface area contributed by atoms with E-state index >= 15 is 0 Å². The number of nitrogens with two attached hydrogens (primary N) is 1. The van der Waals surface area contributed by atoms with Crippen LogP contribution in [0.5, 0.6) is 0 Å². The Hall–Kier alpha value is -1.35. The van der Waals surface area contributed by atoms with Gasteiger partial charge in [-0.2, -0.15) is 0 Å². The van der Waals surface area contributed by atoms with Gasteiger partial charge >= 0.3 is 0 Å². The van der Waals surface area contributed by atoms with E-state index in [1.165, 1.54) is 41.8 Å². The monoisotopic (exact) mass is 286 g/mol. The van der Waals surface area contributed by atoms with Crippen molar-refractivity contribution in [2.75, 3.05) is 5.73 Å². The summed E-state index contributed by atoms with van der Waals surface area (Å²) in [4.78, 5) is 5.87. The summed E-state index contributed by atoms with van der Waals surface area (Å²) in [7, 11) is 0. The molecule has 3 rings (SSSR count). The number of nitrogens with zero attached hydrogens (tertiary/aromatic N) is 1. The first-order chi connectivity index (χ1) is 9.78. The van der Waals surface area contributed by atoms with Crippen LogP contribution in [0.2, 0.25) is 0 Å². The van der Waals surface area contributed by atoms with Crippen LogP contribution in [-0.2, 0) is 25.7 Å². The third-order valence-electron chi connectivity index (χ3n) is 4.13. The third-order valence-corrected chi connectivity index (χ3v) is 5.05. The average molecular weight is 286 g/mol. The zero-order valence-electron chi connectivity index (χ0n) is 12.1. The molecule has 0 bridgehead atoms. The van der Waals surface area contributed by atoms with Crippen LogP contribution in [0.15, 0.2) is 18.2 Å². The predicted octanol–water partition coefficient (Wildman–Crippen LogP) is 4.15. The molecular formula is C17H22N2S. The molecule has 0 saturated heterocycles. The van der Waals surface area contributed by atoms with Crippen LogP contribution in [0.3, 0.4) is 0 Å². The van der Waals surface area contributed by atoms with Gasteiger partial charge in [-0.05, 0) is 48.8 Å². The van der Waals surface area contributed by atoms with E-state index in [4.69, 9.17) is 5.73 Å². The van der Waals surface area contributed by atoms with E-state index in [0.29, 0.717) is 5.13 Å². The van der Waals surface area contributed by atoms with Gasteiger partial charge in [0.25, 0.3) is 0 Å². The highest BCUT2D eigenvalue weighted by atomic mass is 32.1. The zero-order chi connectivity index (χ0) is 13.9. The molecule has 3 heteroatoms. The molecule has 0 radical (unpaired) electrons. The van der Waals surface area contributed by atoms with E-state index in [0.717, 1.165) is 19.3 Å². The van der Waals surface area contributed by atoms with Crippen LogP contribution in [0.4, 0.5) is 5.13 Å². The number of anilines is 1. The minimum Gasteiger partial charge on any atom is -0.375 e. The summed E-state index contributed by atoms with van der Waals surface area (Å²) >= 11 is 1.67. The minimum absolute atomic E-state index is 0.716. The fraction of sp³-hybridized carbons (Fsp3) is 0.471. The van der Waals surface area contributed by atoms with Gasteiger partial charge < -0.3 is 5.73 Å². The molecule has 0 amide bonds. The molecule has 1 aromatic carbocycles. The fourth-order valence-corrected chi connectivity index (χ4v) is 4.07. The van der Waals surface area contributed by atoms with Gasteiger partial charge in [-0.25, -0.2) is 4.98 Å². The molecule has 0 aliphatic heterocycles. The van der Waals surface area contributed by atoms with Crippen LogP contribution < -0.4 is 5.73 Å². The van der Waals surface area contributed by atoms with Gasteiger partial charge in [0.15, 0.2) is 5.13 Å². The molecular weight excluding hydrogens is 264 g/mol. The van der Waals surface area contributed by atoms with Crippen molar-refractivity contribution in [2.24, 2.45) is 0 Å². The molecule has 0 fully saturated rings. The van der Waals surface area contributed by atoms with Crippen molar-refractivity contribution in [3.8, 4) is 0 Å². The molecule has 2 N–H and O–H groups in total. The highest BCUT2D eigenvalue weighted by Gasteiger charge is 2.15. The SMILES string of the molecule is CCCc1nc(N)sc1Cc1cccc2c1CCCC2. The summed E-state index contributed by atoms with van der Waals surface area (Å²) in [5, 5.41) is 0.716. The summed E-state index contributed by atoms with van der Waals surface area (Å²) in [5.74, 6) is 0. The van der Waals surface area contributed by atoms with Crippen LogP contribution in [0, 0.1) is 0 Å². The van der Waals surface area contributed by atoms with Crippen LogP contribution in [-0.4, -0.2) is 4.98 Å². The molecule has 0 saturated carbocycles. The first-order valence-electron chi connectivity index (χ1n) is 7.61. The van der Waals surface area contributed by atoms with Crippen molar-refractivity contribution in [1.82, 2.24) is 4.98 Å². The highest BCUT2D eigenvalue weighted by Crippen LogP contribution is 2.29. The first kappa shape index (κ1) is 13.6. The highest BCUT2D eigenvalue weighted by molar-refractivity contribution is 7.15. The molecule has 106 valence electrons. The second-order valence-electron chi connectivity index (χ2n) is 5.61. The van der Waals surface area contributed by atoms with Gasteiger partial charge in [0.05, 0.1) is 5.69 Å². The number of hydrogen-bond donors (Lipinski definition) is 1. The van der Waals surface area contributed by atoms with E-state index in [1.54, 1.807) is 22.5 Å². The van der Waals surface area contributed by atoms with Crippen molar-refractivity contribution >= 4 is 16.5 Å². The van der Waals surface area contributed by atoms with Gasteiger partial charge in [0.1, 0.15) is 0 Å². The number of thiazole rings is 1.